The Morgan fingerprint density at radius 3 is 2.73 bits per heavy atom. The second-order valence-electron chi connectivity index (χ2n) is 7.95. The molecule has 0 spiro atoms. The molecule has 2 aromatic rings. The minimum Gasteiger partial charge on any atom is -0.493 e. The van der Waals surface area contributed by atoms with Crippen LogP contribution < -0.4 is 9.47 Å². The van der Waals surface area contributed by atoms with Crippen molar-refractivity contribution in [3.8, 4) is 11.5 Å². The molecule has 33 heavy (non-hydrogen) atoms. The van der Waals surface area contributed by atoms with E-state index in [4.69, 9.17) is 18.9 Å². The zero-order chi connectivity index (χ0) is 23.6. The van der Waals surface area contributed by atoms with Gasteiger partial charge in [0.25, 0.3) is 0 Å². The Bertz CT molecular complexity index is 876. The first kappa shape index (κ1) is 25.5. The number of rotatable bonds is 13. The number of fused-ring (bicyclic) bond motifs is 1. The molecule has 2 unspecified atom stereocenters. The van der Waals surface area contributed by atoms with Crippen molar-refractivity contribution in [1.29, 1.82) is 0 Å². The van der Waals surface area contributed by atoms with E-state index >= 15 is 0 Å². The van der Waals surface area contributed by atoms with Crippen LogP contribution in [-0.2, 0) is 20.7 Å². The summed E-state index contributed by atoms with van der Waals surface area (Å²) in [5.74, 6) is 1.31. The van der Waals surface area contributed by atoms with E-state index in [0.717, 1.165) is 12.0 Å². The van der Waals surface area contributed by atoms with Gasteiger partial charge in [0.2, 0.25) is 5.91 Å². The van der Waals surface area contributed by atoms with E-state index in [2.05, 4.69) is 11.4 Å². The van der Waals surface area contributed by atoms with Crippen molar-refractivity contribution in [1.82, 2.24) is 9.80 Å². The van der Waals surface area contributed by atoms with Gasteiger partial charge in [0.15, 0.2) is 11.5 Å². The second kappa shape index (κ2) is 12.9. The third kappa shape index (κ3) is 6.91. The lowest BCUT2D eigenvalue weighted by Crippen LogP contribution is -2.48. The predicted octanol–water partition coefficient (Wildman–Crippen LogP) is 2.22. The van der Waals surface area contributed by atoms with Crippen LogP contribution in [0.15, 0.2) is 35.7 Å². The normalized spacial score (nSPS) is 16.5. The highest BCUT2D eigenvalue weighted by Crippen LogP contribution is 2.35. The SMILES string of the molecule is COCCN(CC(=O)N1CCc2sccc2C1COc1ccccc1OC)CC(O)COC. The largest absolute Gasteiger partial charge is 0.493 e. The van der Waals surface area contributed by atoms with Crippen LogP contribution in [0.25, 0.3) is 0 Å². The maximum absolute atomic E-state index is 13.4. The quantitative estimate of drug-likeness (QED) is 0.473. The smallest absolute Gasteiger partial charge is 0.237 e. The van der Waals surface area contributed by atoms with E-state index in [-0.39, 0.29) is 25.1 Å². The van der Waals surface area contributed by atoms with Gasteiger partial charge in [0.05, 0.1) is 39.0 Å². The number of thiophene rings is 1. The molecule has 1 aromatic carbocycles. The van der Waals surface area contributed by atoms with E-state index in [1.165, 1.54) is 4.88 Å². The number of aliphatic hydroxyl groups excluding tert-OH is 1. The minimum atomic E-state index is -0.672. The molecule has 1 aliphatic rings. The van der Waals surface area contributed by atoms with Crippen molar-refractivity contribution in [2.24, 2.45) is 0 Å². The second-order valence-corrected chi connectivity index (χ2v) is 8.95. The van der Waals surface area contributed by atoms with Crippen molar-refractivity contribution in [2.45, 2.75) is 18.6 Å². The molecule has 182 valence electrons. The number of benzene rings is 1. The summed E-state index contributed by atoms with van der Waals surface area (Å²) >= 11 is 1.72. The number of methoxy groups -OCH3 is 3. The molecule has 0 radical (unpaired) electrons. The number of aliphatic hydroxyl groups is 1. The number of nitrogens with zero attached hydrogens (tertiary/aromatic N) is 2. The molecule has 1 aliphatic heterocycles. The molecule has 9 heteroatoms. The number of carbonyl (C=O) groups excluding carboxylic acids is 1. The Kier molecular flexibility index (Phi) is 9.95. The Balaban J connectivity index is 1.73. The molecule has 2 atom stereocenters. The van der Waals surface area contributed by atoms with Crippen LogP contribution in [-0.4, -0.2) is 94.2 Å². The van der Waals surface area contributed by atoms with E-state index in [0.29, 0.717) is 44.3 Å². The van der Waals surface area contributed by atoms with Gasteiger partial charge in [-0.3, -0.25) is 9.69 Å². The fraction of sp³-hybridized carbons (Fsp3) is 0.542. The first-order chi connectivity index (χ1) is 16.1. The first-order valence-corrected chi connectivity index (χ1v) is 11.9. The fourth-order valence-electron chi connectivity index (χ4n) is 4.06. The summed E-state index contributed by atoms with van der Waals surface area (Å²) in [5.41, 5.74) is 1.14. The summed E-state index contributed by atoms with van der Waals surface area (Å²) in [6, 6.07) is 9.41. The van der Waals surface area contributed by atoms with Gasteiger partial charge in [-0.15, -0.1) is 11.3 Å². The molecule has 1 aromatic heterocycles. The van der Waals surface area contributed by atoms with Crippen molar-refractivity contribution in [3.05, 3.63) is 46.2 Å². The number of hydrogen-bond donors (Lipinski definition) is 1. The predicted molar refractivity (Wildman–Crippen MR) is 127 cm³/mol. The van der Waals surface area contributed by atoms with Gasteiger partial charge in [-0.1, -0.05) is 12.1 Å². The van der Waals surface area contributed by atoms with Crippen molar-refractivity contribution >= 4 is 17.2 Å². The molecule has 0 bridgehead atoms. The average Bonchev–Trinajstić information content (AvgIpc) is 3.30. The minimum absolute atomic E-state index is 0.00111. The summed E-state index contributed by atoms with van der Waals surface area (Å²) in [4.78, 5) is 18.5. The number of amides is 1. The van der Waals surface area contributed by atoms with Gasteiger partial charge in [-0.05, 0) is 35.6 Å². The molecule has 0 aliphatic carbocycles. The molecule has 0 saturated carbocycles. The van der Waals surface area contributed by atoms with Gasteiger partial charge in [-0.2, -0.15) is 0 Å². The molecular formula is C24H34N2O6S. The van der Waals surface area contributed by atoms with Crippen LogP contribution in [0.2, 0.25) is 0 Å². The summed E-state index contributed by atoms with van der Waals surface area (Å²) in [7, 11) is 4.79. The number of hydrogen-bond acceptors (Lipinski definition) is 8. The van der Waals surface area contributed by atoms with Crippen molar-refractivity contribution in [2.75, 3.05) is 67.3 Å². The van der Waals surface area contributed by atoms with E-state index < -0.39 is 6.10 Å². The Morgan fingerprint density at radius 2 is 2.00 bits per heavy atom. The van der Waals surface area contributed by atoms with Gasteiger partial charge in [0, 0.05) is 38.7 Å². The van der Waals surface area contributed by atoms with Gasteiger partial charge in [0.1, 0.15) is 6.61 Å². The summed E-state index contributed by atoms with van der Waals surface area (Å²) in [6.07, 6.45) is 0.156. The molecule has 1 N–H and O–H groups in total. The zero-order valence-electron chi connectivity index (χ0n) is 19.6. The van der Waals surface area contributed by atoms with Crippen LogP contribution in [0.3, 0.4) is 0 Å². The molecule has 1 amide bonds. The number of para-hydroxylation sites is 2. The maximum atomic E-state index is 13.4. The van der Waals surface area contributed by atoms with Gasteiger partial charge >= 0.3 is 0 Å². The molecule has 3 rings (SSSR count). The highest BCUT2D eigenvalue weighted by Gasteiger charge is 2.33. The third-order valence-electron chi connectivity index (χ3n) is 5.68. The highest BCUT2D eigenvalue weighted by atomic mass is 32.1. The van der Waals surface area contributed by atoms with Crippen LogP contribution in [0.1, 0.15) is 16.5 Å². The fourth-order valence-corrected chi connectivity index (χ4v) is 4.99. The topological polar surface area (TPSA) is 80.7 Å². The number of carbonyl (C=O) groups is 1. The van der Waals surface area contributed by atoms with Crippen molar-refractivity contribution in [3.63, 3.8) is 0 Å². The van der Waals surface area contributed by atoms with Gasteiger partial charge < -0.3 is 29.0 Å². The maximum Gasteiger partial charge on any atom is 0.237 e. The highest BCUT2D eigenvalue weighted by molar-refractivity contribution is 7.10. The van der Waals surface area contributed by atoms with Gasteiger partial charge in [-0.25, -0.2) is 0 Å². The summed E-state index contributed by atoms with van der Waals surface area (Å²) in [5, 5.41) is 12.3. The third-order valence-corrected chi connectivity index (χ3v) is 6.68. The van der Waals surface area contributed by atoms with E-state index in [1.807, 2.05) is 34.1 Å². The van der Waals surface area contributed by atoms with Crippen LogP contribution in [0, 0.1) is 0 Å². The van der Waals surface area contributed by atoms with Crippen LogP contribution in [0.5, 0.6) is 11.5 Å². The standard InChI is InChI=1S/C24H34N2O6S/c1-29-12-11-25(14-18(27)16-30-2)15-24(28)26-10-8-23-19(9-13-33-23)20(26)17-32-22-7-5-4-6-21(22)31-3/h4-7,9,13,18,20,27H,8,10-12,14-17H2,1-3H3. The monoisotopic (exact) mass is 478 g/mol. The number of ether oxygens (including phenoxy) is 4. The van der Waals surface area contributed by atoms with Crippen LogP contribution >= 0.6 is 11.3 Å². The lowest BCUT2D eigenvalue weighted by Gasteiger charge is -2.37. The average molecular weight is 479 g/mol. The molecular weight excluding hydrogens is 444 g/mol. The van der Waals surface area contributed by atoms with Crippen molar-refractivity contribution < 1.29 is 28.8 Å². The summed E-state index contributed by atoms with van der Waals surface area (Å²) < 4.78 is 21.8. The lowest BCUT2D eigenvalue weighted by molar-refractivity contribution is -0.136. The lowest BCUT2D eigenvalue weighted by atomic mass is 10.0. The Hall–Kier alpha value is -2.17. The summed E-state index contributed by atoms with van der Waals surface area (Å²) in [6.45, 7) is 2.73. The van der Waals surface area contributed by atoms with Crippen LogP contribution in [0.4, 0.5) is 0 Å². The Labute approximate surface area is 199 Å². The van der Waals surface area contributed by atoms with E-state index in [9.17, 15) is 9.90 Å². The molecule has 0 fully saturated rings. The molecule has 0 saturated heterocycles. The Morgan fingerprint density at radius 1 is 1.21 bits per heavy atom. The first-order valence-electron chi connectivity index (χ1n) is 11.1. The zero-order valence-corrected chi connectivity index (χ0v) is 20.4. The van der Waals surface area contributed by atoms with E-state index in [1.54, 1.807) is 32.7 Å². The molecule has 8 nitrogen and oxygen atoms in total. The molecule has 2 heterocycles.